The first-order chi connectivity index (χ1) is 9.86. The monoisotopic (exact) mass is 309 g/mol. The second kappa shape index (κ2) is 5.99. The number of aliphatic carboxylic acids is 1. The number of carboxylic acid groups (broad SMARTS) is 1. The van der Waals surface area contributed by atoms with E-state index in [9.17, 15) is 18.3 Å². The highest BCUT2D eigenvalue weighted by atomic mass is 32.2. The van der Waals surface area contributed by atoms with E-state index < -0.39 is 21.5 Å². The molecule has 6 heteroatoms. The van der Waals surface area contributed by atoms with Gasteiger partial charge in [0.15, 0.2) is 0 Å². The zero-order chi connectivity index (χ0) is 15.5. The lowest BCUT2D eigenvalue weighted by Crippen LogP contribution is -2.56. The molecule has 1 atom stereocenters. The van der Waals surface area contributed by atoms with Gasteiger partial charge in [-0.3, -0.25) is 4.79 Å². The van der Waals surface area contributed by atoms with Crippen molar-refractivity contribution in [2.24, 2.45) is 0 Å². The number of nitrogens with zero attached hydrogens (tertiary/aromatic N) is 1. The standard InChI is InChI=1S/C15H19NO4S/c1-15(14(17)18)10-5-6-11-16(15)21(19,20)12-9-13-7-3-2-4-8-13/h2-4,7-9,12H,5-6,10-11H2,1H3,(H,17,18)/b12-9+. The van der Waals surface area contributed by atoms with Crippen molar-refractivity contribution in [1.82, 2.24) is 4.31 Å². The molecule has 0 radical (unpaired) electrons. The highest BCUT2D eigenvalue weighted by Crippen LogP contribution is 2.31. The predicted octanol–water partition coefficient (Wildman–Crippen LogP) is 2.32. The summed E-state index contributed by atoms with van der Waals surface area (Å²) in [7, 11) is -3.76. The molecule has 21 heavy (non-hydrogen) atoms. The molecule has 0 aliphatic carbocycles. The van der Waals surface area contributed by atoms with E-state index in [1.807, 2.05) is 18.2 Å². The van der Waals surface area contributed by atoms with Gasteiger partial charge in [0.1, 0.15) is 5.54 Å². The van der Waals surface area contributed by atoms with Crippen LogP contribution in [0.2, 0.25) is 0 Å². The Labute approximate surface area is 124 Å². The van der Waals surface area contributed by atoms with Gasteiger partial charge in [0.2, 0.25) is 10.0 Å². The molecule has 1 aliphatic heterocycles. The number of piperidine rings is 1. The van der Waals surface area contributed by atoms with Crippen molar-refractivity contribution < 1.29 is 18.3 Å². The van der Waals surface area contributed by atoms with E-state index in [1.54, 1.807) is 12.1 Å². The predicted molar refractivity (Wildman–Crippen MR) is 81.0 cm³/mol. The molecule has 1 N–H and O–H groups in total. The van der Waals surface area contributed by atoms with Gasteiger partial charge in [0.05, 0.1) is 0 Å². The van der Waals surface area contributed by atoms with Gasteiger partial charge in [-0.15, -0.1) is 0 Å². The van der Waals surface area contributed by atoms with Crippen LogP contribution in [0.4, 0.5) is 0 Å². The molecule has 1 aliphatic rings. The topological polar surface area (TPSA) is 74.7 Å². The first kappa shape index (κ1) is 15.7. The number of benzene rings is 1. The van der Waals surface area contributed by atoms with Crippen molar-refractivity contribution in [2.75, 3.05) is 6.54 Å². The summed E-state index contributed by atoms with van der Waals surface area (Å²) < 4.78 is 26.0. The number of sulfonamides is 1. The Balaban J connectivity index is 2.29. The van der Waals surface area contributed by atoms with Crippen LogP contribution < -0.4 is 0 Å². The van der Waals surface area contributed by atoms with Crippen molar-refractivity contribution >= 4 is 22.1 Å². The third kappa shape index (κ3) is 3.33. The van der Waals surface area contributed by atoms with Crippen molar-refractivity contribution in [1.29, 1.82) is 0 Å². The summed E-state index contributed by atoms with van der Waals surface area (Å²) in [4.78, 5) is 11.5. The van der Waals surface area contributed by atoms with Gasteiger partial charge in [-0.05, 0) is 37.8 Å². The molecule has 1 unspecified atom stereocenters. The molecule has 0 spiro atoms. The summed E-state index contributed by atoms with van der Waals surface area (Å²) >= 11 is 0. The fraction of sp³-hybridized carbons (Fsp3) is 0.400. The molecule has 1 fully saturated rings. The molecule has 5 nitrogen and oxygen atoms in total. The highest BCUT2D eigenvalue weighted by molar-refractivity contribution is 7.92. The Morgan fingerprint density at radius 1 is 1.29 bits per heavy atom. The maximum Gasteiger partial charge on any atom is 0.324 e. The summed E-state index contributed by atoms with van der Waals surface area (Å²) in [6.45, 7) is 1.71. The molecule has 0 aromatic heterocycles. The van der Waals surface area contributed by atoms with Gasteiger partial charge in [0, 0.05) is 12.0 Å². The van der Waals surface area contributed by atoms with Crippen LogP contribution in [-0.2, 0) is 14.8 Å². The van der Waals surface area contributed by atoms with Gasteiger partial charge in [-0.1, -0.05) is 30.3 Å². The van der Waals surface area contributed by atoms with E-state index in [4.69, 9.17) is 0 Å². The number of hydrogen-bond donors (Lipinski definition) is 1. The van der Waals surface area contributed by atoms with Crippen LogP contribution in [0.1, 0.15) is 31.7 Å². The second-order valence-corrected chi connectivity index (χ2v) is 7.11. The molecule has 1 aromatic rings. The van der Waals surface area contributed by atoms with E-state index in [0.717, 1.165) is 21.7 Å². The van der Waals surface area contributed by atoms with E-state index >= 15 is 0 Å². The quantitative estimate of drug-likeness (QED) is 0.926. The van der Waals surface area contributed by atoms with Crippen LogP contribution in [-0.4, -0.2) is 35.9 Å². The van der Waals surface area contributed by atoms with Gasteiger partial charge in [-0.25, -0.2) is 8.42 Å². The average Bonchev–Trinajstić information content (AvgIpc) is 2.46. The first-order valence-corrected chi connectivity index (χ1v) is 8.36. The third-order valence-electron chi connectivity index (χ3n) is 3.83. The summed E-state index contributed by atoms with van der Waals surface area (Å²) in [5.74, 6) is -1.10. The largest absolute Gasteiger partial charge is 0.480 e. The third-order valence-corrected chi connectivity index (χ3v) is 5.51. The Morgan fingerprint density at radius 3 is 2.57 bits per heavy atom. The van der Waals surface area contributed by atoms with Crippen molar-refractivity contribution in [3.63, 3.8) is 0 Å². The lowest BCUT2D eigenvalue weighted by molar-refractivity contribution is -0.148. The van der Waals surface area contributed by atoms with Crippen molar-refractivity contribution in [3.05, 3.63) is 41.3 Å². The molecule has 0 bridgehead atoms. The molecule has 0 saturated carbocycles. The van der Waals surface area contributed by atoms with Crippen LogP contribution in [0, 0.1) is 0 Å². The molecule has 114 valence electrons. The molecule has 0 amide bonds. The van der Waals surface area contributed by atoms with Gasteiger partial charge in [0.25, 0.3) is 0 Å². The maximum absolute atomic E-state index is 12.5. The van der Waals surface area contributed by atoms with Crippen LogP contribution in [0.15, 0.2) is 35.7 Å². The Morgan fingerprint density at radius 2 is 1.95 bits per heavy atom. The molecule has 1 heterocycles. The minimum atomic E-state index is -3.76. The normalized spacial score (nSPS) is 24.2. The van der Waals surface area contributed by atoms with Crippen LogP contribution in [0.3, 0.4) is 0 Å². The molecular weight excluding hydrogens is 290 g/mol. The van der Waals surface area contributed by atoms with Crippen molar-refractivity contribution in [2.45, 2.75) is 31.7 Å². The van der Waals surface area contributed by atoms with Crippen LogP contribution in [0.25, 0.3) is 6.08 Å². The summed E-state index contributed by atoms with van der Waals surface area (Å²) in [5, 5.41) is 10.5. The number of rotatable bonds is 4. The van der Waals surface area contributed by atoms with Gasteiger partial charge >= 0.3 is 5.97 Å². The van der Waals surface area contributed by atoms with E-state index in [2.05, 4.69) is 0 Å². The Bertz CT molecular complexity index is 639. The molecule has 1 saturated heterocycles. The maximum atomic E-state index is 12.5. The SMILES string of the molecule is CC1(C(=O)O)CCCCN1S(=O)(=O)/C=C/c1ccccc1. The minimum absolute atomic E-state index is 0.240. The second-order valence-electron chi connectivity index (χ2n) is 5.37. The Kier molecular flexibility index (Phi) is 4.49. The minimum Gasteiger partial charge on any atom is -0.480 e. The summed E-state index contributed by atoms with van der Waals surface area (Å²) in [6.07, 6.45) is 3.23. The lowest BCUT2D eigenvalue weighted by Gasteiger charge is -2.39. The average molecular weight is 309 g/mol. The summed E-state index contributed by atoms with van der Waals surface area (Å²) in [6, 6.07) is 9.05. The number of carboxylic acids is 1. The van der Waals surface area contributed by atoms with E-state index in [1.165, 1.54) is 13.0 Å². The van der Waals surface area contributed by atoms with Gasteiger partial charge in [-0.2, -0.15) is 4.31 Å². The smallest absolute Gasteiger partial charge is 0.324 e. The van der Waals surface area contributed by atoms with Gasteiger partial charge < -0.3 is 5.11 Å². The van der Waals surface area contributed by atoms with E-state index in [-0.39, 0.29) is 6.54 Å². The van der Waals surface area contributed by atoms with Crippen LogP contribution in [0.5, 0.6) is 0 Å². The highest BCUT2D eigenvalue weighted by Gasteiger charge is 2.46. The fourth-order valence-corrected chi connectivity index (χ4v) is 4.11. The molecule has 2 rings (SSSR count). The molecular formula is C15H19NO4S. The zero-order valence-electron chi connectivity index (χ0n) is 11.9. The summed E-state index contributed by atoms with van der Waals surface area (Å²) in [5.41, 5.74) is -0.604. The van der Waals surface area contributed by atoms with Crippen molar-refractivity contribution in [3.8, 4) is 0 Å². The first-order valence-electron chi connectivity index (χ1n) is 6.86. The molecule has 1 aromatic carbocycles. The van der Waals surface area contributed by atoms with E-state index in [0.29, 0.717) is 12.8 Å². The number of carbonyl (C=O) groups is 1. The Hall–Kier alpha value is -1.66. The lowest BCUT2D eigenvalue weighted by atomic mass is 9.91. The zero-order valence-corrected chi connectivity index (χ0v) is 12.7. The number of hydrogen-bond acceptors (Lipinski definition) is 3. The van der Waals surface area contributed by atoms with Crippen LogP contribution >= 0.6 is 0 Å². The fourth-order valence-electron chi connectivity index (χ4n) is 2.52.